The topological polar surface area (TPSA) is 90.0 Å². The molecular weight excluding hydrogens is 290 g/mol. The van der Waals surface area contributed by atoms with Gasteiger partial charge in [0.2, 0.25) is 0 Å². The Hall–Kier alpha value is -2.70. The molecule has 1 aliphatic heterocycles. The van der Waals surface area contributed by atoms with Crippen LogP contribution in [0.4, 0.5) is 0 Å². The van der Waals surface area contributed by atoms with Crippen LogP contribution in [0.5, 0.6) is 0 Å². The van der Waals surface area contributed by atoms with Gasteiger partial charge in [-0.1, -0.05) is 17.2 Å². The van der Waals surface area contributed by atoms with E-state index in [9.17, 15) is 19.2 Å². The predicted octanol–water partition coefficient (Wildman–Crippen LogP) is 1.47. The Morgan fingerprint density at radius 1 is 1.00 bits per heavy atom. The van der Waals surface area contributed by atoms with E-state index >= 15 is 0 Å². The van der Waals surface area contributed by atoms with Crippen molar-refractivity contribution in [1.82, 2.24) is 5.06 Å². The van der Waals surface area contributed by atoms with Crippen LogP contribution in [-0.2, 0) is 19.2 Å². The quantitative estimate of drug-likeness (QED) is 0.584. The molecule has 0 aromatic heterocycles. The van der Waals surface area contributed by atoms with Gasteiger partial charge in [-0.05, 0) is 25.5 Å². The number of carbonyl (C=O) groups is 4. The first-order chi connectivity index (χ1) is 10.5. The highest BCUT2D eigenvalue weighted by atomic mass is 16.7. The highest BCUT2D eigenvalue weighted by molar-refractivity contribution is 6.20. The molecule has 0 saturated heterocycles. The summed E-state index contributed by atoms with van der Waals surface area (Å²) in [7, 11) is 0. The van der Waals surface area contributed by atoms with E-state index in [4.69, 9.17) is 9.57 Å². The Balaban J connectivity index is 1.87. The number of esters is 1. The molecule has 116 valence electrons. The number of benzene rings is 1. The smallest absolute Gasteiger partial charge is 0.333 e. The van der Waals surface area contributed by atoms with Crippen LogP contribution < -0.4 is 0 Å². The standard InChI is InChI=1S/C15H15NO6/c1-2-21-12(17)8-5-9-13(18)22-16-14(19)10-6-3-4-7-11(10)15(16)20/h3-4,6-7H,2,5,8-9H2,1H3. The van der Waals surface area contributed by atoms with Gasteiger partial charge in [-0.15, -0.1) is 0 Å². The summed E-state index contributed by atoms with van der Waals surface area (Å²) in [6, 6.07) is 6.22. The highest BCUT2D eigenvalue weighted by Crippen LogP contribution is 2.22. The molecule has 0 fully saturated rings. The summed E-state index contributed by atoms with van der Waals surface area (Å²) in [6.45, 7) is 1.97. The predicted molar refractivity (Wildman–Crippen MR) is 73.5 cm³/mol. The molecule has 0 saturated carbocycles. The van der Waals surface area contributed by atoms with Gasteiger partial charge in [-0.2, -0.15) is 0 Å². The first-order valence-electron chi connectivity index (χ1n) is 6.88. The van der Waals surface area contributed by atoms with Crippen LogP contribution in [-0.4, -0.2) is 35.4 Å². The number of ether oxygens (including phenoxy) is 1. The Morgan fingerprint density at radius 2 is 1.55 bits per heavy atom. The minimum Gasteiger partial charge on any atom is -0.466 e. The SMILES string of the molecule is CCOC(=O)CCCC(=O)ON1C(=O)c2ccccc2C1=O. The molecule has 0 bridgehead atoms. The van der Waals surface area contributed by atoms with Crippen molar-refractivity contribution in [1.29, 1.82) is 0 Å². The van der Waals surface area contributed by atoms with Crippen molar-refractivity contribution in [2.45, 2.75) is 26.2 Å². The molecule has 22 heavy (non-hydrogen) atoms. The van der Waals surface area contributed by atoms with Gasteiger partial charge >= 0.3 is 11.9 Å². The van der Waals surface area contributed by atoms with Crippen molar-refractivity contribution >= 4 is 23.8 Å². The van der Waals surface area contributed by atoms with E-state index in [1.807, 2.05) is 0 Å². The van der Waals surface area contributed by atoms with E-state index in [1.165, 1.54) is 12.1 Å². The molecule has 0 radical (unpaired) electrons. The van der Waals surface area contributed by atoms with Gasteiger partial charge in [0.15, 0.2) is 0 Å². The average molecular weight is 305 g/mol. The van der Waals surface area contributed by atoms with E-state index < -0.39 is 23.8 Å². The fourth-order valence-corrected chi connectivity index (χ4v) is 2.01. The fraction of sp³-hybridized carbons (Fsp3) is 0.333. The second-order valence-corrected chi connectivity index (χ2v) is 4.57. The van der Waals surface area contributed by atoms with Gasteiger partial charge in [-0.25, -0.2) is 4.79 Å². The number of rotatable bonds is 6. The lowest BCUT2D eigenvalue weighted by molar-refractivity contribution is -0.168. The Bertz CT molecular complexity index is 589. The number of nitrogens with zero attached hydrogens (tertiary/aromatic N) is 1. The maximum absolute atomic E-state index is 12.0. The molecule has 7 heteroatoms. The minimum atomic E-state index is -0.751. The zero-order chi connectivity index (χ0) is 16.1. The number of hydroxylamine groups is 2. The van der Waals surface area contributed by atoms with Crippen molar-refractivity contribution in [3.63, 3.8) is 0 Å². The summed E-state index contributed by atoms with van der Waals surface area (Å²) >= 11 is 0. The third kappa shape index (κ3) is 3.30. The van der Waals surface area contributed by atoms with Crippen molar-refractivity contribution in [3.8, 4) is 0 Å². The van der Waals surface area contributed by atoms with E-state index in [2.05, 4.69) is 0 Å². The molecule has 1 heterocycles. The third-order valence-electron chi connectivity index (χ3n) is 3.02. The summed E-state index contributed by atoms with van der Waals surface area (Å²) in [5.74, 6) is -2.49. The van der Waals surface area contributed by atoms with E-state index in [0.29, 0.717) is 5.06 Å². The van der Waals surface area contributed by atoms with Gasteiger partial charge in [0.05, 0.1) is 17.7 Å². The molecule has 0 unspecified atom stereocenters. The molecule has 0 spiro atoms. The molecule has 1 aromatic rings. The maximum atomic E-state index is 12.0. The number of amides is 2. The molecule has 2 rings (SSSR count). The lowest BCUT2D eigenvalue weighted by atomic mass is 10.1. The summed E-state index contributed by atoms with van der Waals surface area (Å²) < 4.78 is 4.72. The van der Waals surface area contributed by atoms with Crippen LogP contribution in [0, 0.1) is 0 Å². The molecule has 1 aromatic carbocycles. The molecule has 0 atom stereocenters. The van der Waals surface area contributed by atoms with E-state index in [1.54, 1.807) is 19.1 Å². The summed E-state index contributed by atoms with van der Waals surface area (Å²) in [6.07, 6.45) is 0.206. The number of hydrogen-bond acceptors (Lipinski definition) is 6. The van der Waals surface area contributed by atoms with Crippen LogP contribution in [0.2, 0.25) is 0 Å². The van der Waals surface area contributed by atoms with Crippen LogP contribution in [0.25, 0.3) is 0 Å². The van der Waals surface area contributed by atoms with Crippen LogP contribution in [0.15, 0.2) is 24.3 Å². The van der Waals surface area contributed by atoms with Gasteiger partial charge in [0, 0.05) is 12.8 Å². The molecule has 1 aliphatic rings. The Kier molecular flexibility index (Phi) is 4.88. The lowest BCUT2D eigenvalue weighted by Gasteiger charge is -2.12. The second kappa shape index (κ2) is 6.84. The Labute approximate surface area is 126 Å². The van der Waals surface area contributed by atoms with Crippen LogP contribution in [0.3, 0.4) is 0 Å². The normalized spacial score (nSPS) is 13.0. The molecule has 0 N–H and O–H groups in total. The maximum Gasteiger partial charge on any atom is 0.333 e. The second-order valence-electron chi connectivity index (χ2n) is 4.57. The van der Waals surface area contributed by atoms with Crippen molar-refractivity contribution < 1.29 is 28.8 Å². The van der Waals surface area contributed by atoms with Gasteiger partial charge in [0.25, 0.3) is 11.8 Å². The highest BCUT2D eigenvalue weighted by Gasteiger charge is 2.38. The van der Waals surface area contributed by atoms with Gasteiger partial charge < -0.3 is 9.57 Å². The molecular formula is C15H15NO6. The third-order valence-corrected chi connectivity index (χ3v) is 3.02. The fourth-order valence-electron chi connectivity index (χ4n) is 2.01. The van der Waals surface area contributed by atoms with E-state index in [0.717, 1.165) is 0 Å². The number of fused-ring (bicyclic) bond motifs is 1. The summed E-state index contributed by atoms with van der Waals surface area (Å²) in [5, 5.41) is 0.456. The summed E-state index contributed by atoms with van der Waals surface area (Å²) in [4.78, 5) is 51.5. The minimum absolute atomic E-state index is 0.0745. The van der Waals surface area contributed by atoms with Crippen LogP contribution >= 0.6 is 0 Å². The average Bonchev–Trinajstić information content (AvgIpc) is 2.73. The van der Waals surface area contributed by atoms with Gasteiger partial charge in [-0.3, -0.25) is 14.4 Å². The van der Waals surface area contributed by atoms with Crippen molar-refractivity contribution in [2.24, 2.45) is 0 Å². The number of imide groups is 1. The first kappa shape index (κ1) is 15.7. The first-order valence-corrected chi connectivity index (χ1v) is 6.88. The largest absolute Gasteiger partial charge is 0.466 e. The van der Waals surface area contributed by atoms with Gasteiger partial charge in [0.1, 0.15) is 0 Å². The summed E-state index contributed by atoms with van der Waals surface area (Å²) in [5.41, 5.74) is 0.402. The number of hydrogen-bond donors (Lipinski definition) is 0. The van der Waals surface area contributed by atoms with Crippen molar-refractivity contribution in [2.75, 3.05) is 6.61 Å². The van der Waals surface area contributed by atoms with Crippen LogP contribution in [0.1, 0.15) is 46.9 Å². The van der Waals surface area contributed by atoms with E-state index in [-0.39, 0.29) is 37.0 Å². The zero-order valence-corrected chi connectivity index (χ0v) is 12.0. The molecule has 2 amide bonds. The molecule has 0 aliphatic carbocycles. The zero-order valence-electron chi connectivity index (χ0n) is 12.0. The molecule has 7 nitrogen and oxygen atoms in total. The number of carbonyl (C=O) groups excluding carboxylic acids is 4. The lowest BCUT2D eigenvalue weighted by Crippen LogP contribution is -2.32. The van der Waals surface area contributed by atoms with Crippen molar-refractivity contribution in [3.05, 3.63) is 35.4 Å². The monoisotopic (exact) mass is 305 g/mol. The Morgan fingerprint density at radius 3 is 2.09 bits per heavy atom.